The van der Waals surface area contributed by atoms with E-state index in [1.165, 1.54) is 11.1 Å². The first kappa shape index (κ1) is 27.8. The Morgan fingerprint density at radius 1 is 0.929 bits per heavy atom. The maximum Gasteiger partial charge on any atom is 0.307 e. The molecule has 3 aromatic heterocycles. The van der Waals surface area contributed by atoms with Gasteiger partial charge in [-0.2, -0.15) is 0 Å². The summed E-state index contributed by atoms with van der Waals surface area (Å²) >= 11 is 0. The molecule has 1 saturated heterocycles. The number of aliphatic carboxylic acids is 1. The second-order valence-corrected chi connectivity index (χ2v) is 12.3. The number of rotatable bonds is 6. The summed E-state index contributed by atoms with van der Waals surface area (Å²) in [6.45, 7) is 12.0. The van der Waals surface area contributed by atoms with Crippen molar-refractivity contribution in [2.75, 3.05) is 29.4 Å². The van der Waals surface area contributed by atoms with E-state index in [0.29, 0.717) is 5.41 Å². The van der Waals surface area contributed by atoms with E-state index in [1.807, 2.05) is 37.5 Å². The van der Waals surface area contributed by atoms with Gasteiger partial charge in [0, 0.05) is 72.8 Å². The molecule has 8 nitrogen and oxygen atoms in total. The number of anilines is 2. The Labute approximate surface area is 247 Å². The Morgan fingerprint density at radius 3 is 2.48 bits per heavy atom. The maximum absolute atomic E-state index is 12.0. The molecule has 6 rings (SSSR count). The molecule has 0 bridgehead atoms. The molecule has 0 atom stereocenters. The van der Waals surface area contributed by atoms with Crippen LogP contribution in [0.4, 0.5) is 11.6 Å². The third kappa shape index (κ3) is 5.58. The van der Waals surface area contributed by atoms with Crippen molar-refractivity contribution in [3.05, 3.63) is 83.1 Å². The Kier molecular flexibility index (Phi) is 7.39. The van der Waals surface area contributed by atoms with Crippen LogP contribution < -0.4 is 9.80 Å². The Bertz CT molecular complexity index is 1630. The highest BCUT2D eigenvalue weighted by molar-refractivity contribution is 5.86. The molecule has 1 aromatic carbocycles. The summed E-state index contributed by atoms with van der Waals surface area (Å²) in [4.78, 5) is 35.1. The zero-order valence-electron chi connectivity index (χ0n) is 24.9. The number of aromatic nitrogens is 4. The van der Waals surface area contributed by atoms with Crippen molar-refractivity contribution in [2.45, 2.75) is 59.9 Å². The van der Waals surface area contributed by atoms with Crippen LogP contribution >= 0.6 is 0 Å². The summed E-state index contributed by atoms with van der Waals surface area (Å²) in [5.41, 5.74) is 10.5. The van der Waals surface area contributed by atoms with Gasteiger partial charge in [0.25, 0.3) is 0 Å². The molecule has 0 aliphatic carbocycles. The lowest BCUT2D eigenvalue weighted by molar-refractivity contribution is -0.136. The molecule has 1 N–H and O–H groups in total. The summed E-state index contributed by atoms with van der Waals surface area (Å²) in [7, 11) is 0. The first-order chi connectivity index (χ1) is 20.2. The number of nitrogens with zero attached hydrogens (tertiary/aromatic N) is 6. The van der Waals surface area contributed by atoms with Crippen LogP contribution in [0.15, 0.2) is 55.0 Å². The van der Waals surface area contributed by atoms with E-state index in [2.05, 4.69) is 58.7 Å². The largest absolute Gasteiger partial charge is 0.481 e. The molecular weight excluding hydrogens is 524 g/mol. The standard InChI is InChI=1S/C34H38N6O2/c1-22-28(19-30(41)42)32(39-16-11-34(3,4)12-17-39)31(23(2)37-22)25-7-8-27-21-40(15-10-24(27)18-25)33-36-14-9-29(38-33)26-6-5-13-35-20-26/h5-9,13-14,18,20H,10-12,15-17,19,21H2,1-4H3,(H,41,42). The minimum Gasteiger partial charge on any atom is -0.481 e. The van der Waals surface area contributed by atoms with E-state index in [1.54, 1.807) is 6.20 Å². The number of carboxylic acid groups (broad SMARTS) is 1. The monoisotopic (exact) mass is 562 g/mol. The van der Waals surface area contributed by atoms with E-state index >= 15 is 0 Å². The second-order valence-electron chi connectivity index (χ2n) is 12.3. The number of pyridine rings is 2. The normalized spacial score (nSPS) is 16.3. The maximum atomic E-state index is 12.0. The molecule has 4 aromatic rings. The van der Waals surface area contributed by atoms with Crippen LogP contribution in [0.3, 0.4) is 0 Å². The van der Waals surface area contributed by atoms with Gasteiger partial charge in [-0.15, -0.1) is 0 Å². The lowest BCUT2D eigenvalue weighted by atomic mass is 9.82. The molecule has 0 radical (unpaired) electrons. The predicted octanol–water partition coefficient (Wildman–Crippen LogP) is 6.03. The molecular formula is C34H38N6O2. The molecule has 0 spiro atoms. The van der Waals surface area contributed by atoms with E-state index in [9.17, 15) is 9.90 Å². The van der Waals surface area contributed by atoms with Crippen LogP contribution in [-0.4, -0.2) is 50.6 Å². The smallest absolute Gasteiger partial charge is 0.307 e. The number of hydrogen-bond donors (Lipinski definition) is 1. The Hall–Kier alpha value is -4.33. The fraction of sp³-hybridized carbons (Fsp3) is 0.382. The average molecular weight is 563 g/mol. The number of hydrogen-bond acceptors (Lipinski definition) is 7. The first-order valence-corrected chi connectivity index (χ1v) is 14.8. The highest BCUT2D eigenvalue weighted by Gasteiger charge is 2.30. The van der Waals surface area contributed by atoms with Crippen molar-refractivity contribution < 1.29 is 9.90 Å². The minimum absolute atomic E-state index is 0.0284. The van der Waals surface area contributed by atoms with Crippen LogP contribution in [-0.2, 0) is 24.2 Å². The Morgan fingerprint density at radius 2 is 1.74 bits per heavy atom. The van der Waals surface area contributed by atoms with Crippen LogP contribution in [0, 0.1) is 19.3 Å². The molecule has 216 valence electrons. The zero-order chi connectivity index (χ0) is 29.4. The van der Waals surface area contributed by atoms with Gasteiger partial charge >= 0.3 is 5.97 Å². The SMILES string of the molecule is Cc1nc(C)c(-c2ccc3c(c2)CCN(c2nccc(-c4cccnc4)n2)C3)c(N2CCC(C)(C)CC2)c1CC(=O)O. The highest BCUT2D eigenvalue weighted by atomic mass is 16.4. The third-order valence-corrected chi connectivity index (χ3v) is 8.81. The lowest BCUT2D eigenvalue weighted by Gasteiger charge is -2.40. The van der Waals surface area contributed by atoms with Crippen LogP contribution in [0.1, 0.15) is 54.8 Å². The fourth-order valence-electron chi connectivity index (χ4n) is 6.32. The van der Waals surface area contributed by atoms with Gasteiger partial charge in [0.05, 0.1) is 17.8 Å². The molecule has 42 heavy (non-hydrogen) atoms. The van der Waals surface area contributed by atoms with Gasteiger partial charge in [-0.3, -0.25) is 14.8 Å². The number of carbonyl (C=O) groups is 1. The van der Waals surface area contributed by atoms with Crippen molar-refractivity contribution in [1.82, 2.24) is 19.9 Å². The van der Waals surface area contributed by atoms with Crippen LogP contribution in [0.2, 0.25) is 0 Å². The number of fused-ring (bicyclic) bond motifs is 1. The molecule has 2 aliphatic rings. The predicted molar refractivity (Wildman–Crippen MR) is 166 cm³/mol. The minimum atomic E-state index is -0.825. The average Bonchev–Trinajstić information content (AvgIpc) is 2.98. The summed E-state index contributed by atoms with van der Waals surface area (Å²) < 4.78 is 0. The summed E-state index contributed by atoms with van der Waals surface area (Å²) in [6.07, 6.45) is 8.39. The van der Waals surface area contributed by atoms with Gasteiger partial charge in [0.2, 0.25) is 5.95 Å². The van der Waals surface area contributed by atoms with E-state index in [0.717, 1.165) is 96.4 Å². The number of piperidine rings is 1. The second kappa shape index (κ2) is 11.2. The highest BCUT2D eigenvalue weighted by Crippen LogP contribution is 2.42. The summed E-state index contributed by atoms with van der Waals surface area (Å²) in [5.74, 6) is -0.105. The van der Waals surface area contributed by atoms with Crippen LogP contribution in [0.5, 0.6) is 0 Å². The molecule has 0 amide bonds. The van der Waals surface area contributed by atoms with Crippen LogP contribution in [0.25, 0.3) is 22.4 Å². The lowest BCUT2D eigenvalue weighted by Crippen LogP contribution is -2.38. The molecule has 0 unspecified atom stereocenters. The fourth-order valence-corrected chi connectivity index (χ4v) is 6.32. The molecule has 1 fully saturated rings. The number of aryl methyl sites for hydroxylation is 2. The van der Waals surface area contributed by atoms with Crippen molar-refractivity contribution >= 4 is 17.6 Å². The molecule has 8 heteroatoms. The van der Waals surface area contributed by atoms with Crippen molar-refractivity contribution in [1.29, 1.82) is 0 Å². The number of carboxylic acids is 1. The quantitative estimate of drug-likeness (QED) is 0.304. The molecule has 0 saturated carbocycles. The van der Waals surface area contributed by atoms with E-state index in [4.69, 9.17) is 9.97 Å². The first-order valence-electron chi connectivity index (χ1n) is 14.8. The topological polar surface area (TPSA) is 95.3 Å². The third-order valence-electron chi connectivity index (χ3n) is 8.81. The van der Waals surface area contributed by atoms with E-state index < -0.39 is 5.97 Å². The molecule has 2 aliphatic heterocycles. The molecule has 5 heterocycles. The zero-order valence-corrected chi connectivity index (χ0v) is 24.9. The van der Waals surface area contributed by atoms with E-state index in [-0.39, 0.29) is 6.42 Å². The van der Waals surface area contributed by atoms with Gasteiger partial charge in [-0.25, -0.2) is 9.97 Å². The van der Waals surface area contributed by atoms with Crippen molar-refractivity contribution in [3.63, 3.8) is 0 Å². The number of benzene rings is 1. The van der Waals surface area contributed by atoms with Gasteiger partial charge in [0.15, 0.2) is 0 Å². The summed E-state index contributed by atoms with van der Waals surface area (Å²) in [5, 5.41) is 9.82. The van der Waals surface area contributed by atoms with Crippen molar-refractivity contribution in [3.8, 4) is 22.4 Å². The Balaban J connectivity index is 1.34. The van der Waals surface area contributed by atoms with Gasteiger partial charge in [-0.1, -0.05) is 32.0 Å². The van der Waals surface area contributed by atoms with Gasteiger partial charge in [-0.05, 0) is 73.4 Å². The van der Waals surface area contributed by atoms with Gasteiger partial charge in [0.1, 0.15) is 0 Å². The van der Waals surface area contributed by atoms with Crippen molar-refractivity contribution in [2.24, 2.45) is 5.41 Å². The van der Waals surface area contributed by atoms with Gasteiger partial charge < -0.3 is 14.9 Å². The summed E-state index contributed by atoms with van der Waals surface area (Å²) in [6, 6.07) is 12.5.